The Balaban J connectivity index is 0.000000786. The van der Waals surface area contributed by atoms with E-state index in [9.17, 15) is 5.21 Å². The summed E-state index contributed by atoms with van der Waals surface area (Å²) in [5.41, 5.74) is 4.92. The molecule has 1 aromatic heterocycles. The maximum absolute atomic E-state index is 9.74. The molecule has 0 radical (unpaired) electrons. The third kappa shape index (κ3) is 4.71. The van der Waals surface area contributed by atoms with Gasteiger partial charge in [-0.15, -0.1) is 5.16 Å². The van der Waals surface area contributed by atoms with Crippen LogP contribution in [0.4, 0.5) is 0 Å². The first-order chi connectivity index (χ1) is 18.6. The van der Waals surface area contributed by atoms with E-state index in [1.54, 1.807) is 21.3 Å². The van der Waals surface area contributed by atoms with E-state index in [-0.39, 0.29) is 5.92 Å². The molecular formula is C29H34N4O5. The molecule has 1 unspecified atom stereocenters. The van der Waals surface area contributed by atoms with Crippen LogP contribution in [0.1, 0.15) is 47.3 Å². The van der Waals surface area contributed by atoms with Gasteiger partial charge in [-0.25, -0.2) is 0 Å². The average molecular weight is 519 g/mol. The van der Waals surface area contributed by atoms with E-state index in [0.29, 0.717) is 29.4 Å². The van der Waals surface area contributed by atoms with Crippen LogP contribution in [0.15, 0.2) is 58.9 Å². The van der Waals surface area contributed by atoms with Gasteiger partial charge >= 0.3 is 0 Å². The molecule has 0 spiro atoms. The minimum absolute atomic E-state index is 0.262. The zero-order valence-corrected chi connectivity index (χ0v) is 22.2. The number of nitrogens with one attached hydrogen (secondary N) is 1. The number of oxime groups is 2. The number of hydrogen-bond acceptors (Lipinski definition) is 8. The first-order valence-electron chi connectivity index (χ1n) is 12.4. The molecule has 2 N–H and O–H groups in total. The van der Waals surface area contributed by atoms with Gasteiger partial charge in [-0.05, 0) is 24.5 Å². The Morgan fingerprint density at radius 2 is 1.74 bits per heavy atom. The monoisotopic (exact) mass is 518 g/mol. The normalized spacial score (nSPS) is 18.4. The van der Waals surface area contributed by atoms with E-state index in [1.807, 2.05) is 30.3 Å². The first kappa shape index (κ1) is 26.8. The minimum Gasteiger partial charge on any atom is -0.493 e. The second-order valence-electron chi connectivity index (χ2n) is 9.12. The Morgan fingerprint density at radius 1 is 1.03 bits per heavy atom. The van der Waals surface area contributed by atoms with E-state index in [4.69, 9.17) is 14.2 Å². The molecule has 0 amide bonds. The maximum Gasteiger partial charge on any atom is 0.203 e. The summed E-state index contributed by atoms with van der Waals surface area (Å²) >= 11 is 0. The second kappa shape index (κ2) is 11.9. The topological polar surface area (TPSA) is 111 Å². The number of ether oxygens (including phenoxy) is 3. The van der Waals surface area contributed by atoms with Crippen molar-refractivity contribution in [2.75, 3.05) is 28.4 Å². The molecule has 1 fully saturated rings. The van der Waals surface area contributed by atoms with Crippen LogP contribution in [-0.2, 0) is 16.7 Å². The largest absolute Gasteiger partial charge is 0.493 e. The Bertz CT molecular complexity index is 1310. The number of H-pyrrole nitrogens is 1. The second-order valence-corrected chi connectivity index (χ2v) is 9.12. The number of fused-ring (bicyclic) bond motifs is 1. The van der Waals surface area contributed by atoms with E-state index >= 15 is 0 Å². The lowest BCUT2D eigenvalue weighted by molar-refractivity contribution is 0.217. The fourth-order valence-corrected chi connectivity index (χ4v) is 5.19. The van der Waals surface area contributed by atoms with Crippen molar-refractivity contribution < 1.29 is 24.3 Å². The Hall–Kier alpha value is -4.27. The Kier molecular flexibility index (Phi) is 8.35. The van der Waals surface area contributed by atoms with Crippen LogP contribution in [0.3, 0.4) is 0 Å². The molecule has 1 saturated carbocycles. The van der Waals surface area contributed by atoms with Crippen molar-refractivity contribution in [3.63, 3.8) is 0 Å². The molecule has 3 aromatic rings. The van der Waals surface area contributed by atoms with E-state index < -0.39 is 5.41 Å². The van der Waals surface area contributed by atoms with E-state index in [1.165, 1.54) is 7.11 Å². The number of aromatic nitrogens is 2. The number of nitrogens with zero attached hydrogens (tertiary/aromatic N) is 3. The minimum atomic E-state index is -0.532. The number of aromatic amines is 1. The van der Waals surface area contributed by atoms with E-state index in [0.717, 1.165) is 47.3 Å². The van der Waals surface area contributed by atoms with Crippen LogP contribution >= 0.6 is 0 Å². The van der Waals surface area contributed by atoms with Gasteiger partial charge < -0.3 is 24.3 Å². The Labute approximate surface area is 222 Å². The quantitative estimate of drug-likeness (QED) is 0.240. The molecule has 0 saturated heterocycles. The molecule has 9 nitrogen and oxygen atoms in total. The lowest BCUT2D eigenvalue weighted by Crippen LogP contribution is -2.31. The van der Waals surface area contributed by atoms with Crippen LogP contribution in [0.5, 0.6) is 17.2 Å². The zero-order valence-electron chi connectivity index (χ0n) is 22.2. The number of allylic oxidation sites excluding steroid dienone is 1. The molecule has 200 valence electrons. The van der Waals surface area contributed by atoms with Crippen LogP contribution in [0.2, 0.25) is 0 Å². The molecule has 2 aliphatic rings. The number of hydrogen-bond donors (Lipinski definition) is 2. The van der Waals surface area contributed by atoms with Crippen LogP contribution in [0, 0.1) is 5.92 Å². The van der Waals surface area contributed by atoms with Crippen molar-refractivity contribution in [2.24, 2.45) is 16.2 Å². The van der Waals surface area contributed by atoms with Gasteiger partial charge in [0.1, 0.15) is 18.5 Å². The molecular weight excluding hydrogens is 484 g/mol. The zero-order chi connectivity index (χ0) is 27.1. The van der Waals surface area contributed by atoms with E-state index in [2.05, 4.69) is 56.3 Å². The molecule has 2 aliphatic carbocycles. The van der Waals surface area contributed by atoms with Crippen LogP contribution in [0.25, 0.3) is 6.08 Å². The molecule has 0 bridgehead atoms. The molecule has 38 heavy (non-hydrogen) atoms. The molecule has 2 aromatic carbocycles. The molecule has 5 rings (SSSR count). The number of methoxy groups -OCH3 is 3. The molecule has 9 heteroatoms. The average Bonchev–Trinajstić information content (AvgIpc) is 3.36. The number of benzene rings is 2. The van der Waals surface area contributed by atoms with Crippen molar-refractivity contribution in [3.8, 4) is 17.2 Å². The smallest absolute Gasteiger partial charge is 0.203 e. The van der Waals surface area contributed by atoms with Crippen molar-refractivity contribution in [2.45, 2.75) is 31.1 Å². The standard InChI is InChI=1S/C27H29N3O4.C2H5NO/c1-32-22-13-12-20(25(33-2)26(22)34-3)27(18-10-5-4-6-11-18)15-14-19-21(16-27)28-29-24(19)23(30-31)17-8-7-9-17;1-3-4-2/h4-6,10-15,17,31H,7-9,16H2,1-3H3,(H,28,29);1H2,2H3. The SMILES string of the molecule is C=NOC.COc1ccc(C2(c3ccccc3)C=Cc3c(C(=NO)C4CCC4)n[nH]c3C2)c(OC)c1OC. The van der Waals surface area contributed by atoms with Gasteiger partial charge in [-0.1, -0.05) is 60.1 Å². The van der Waals surface area contributed by atoms with Gasteiger partial charge in [0.25, 0.3) is 0 Å². The summed E-state index contributed by atoms with van der Waals surface area (Å²) in [6, 6.07) is 14.3. The summed E-state index contributed by atoms with van der Waals surface area (Å²) in [5, 5.41) is 24.2. The predicted octanol–water partition coefficient (Wildman–Crippen LogP) is 5.22. The van der Waals surface area contributed by atoms with Crippen LogP contribution < -0.4 is 14.2 Å². The third-order valence-corrected chi connectivity index (χ3v) is 7.32. The summed E-state index contributed by atoms with van der Waals surface area (Å²) in [6.45, 7) is 3.01. The highest BCUT2D eigenvalue weighted by molar-refractivity contribution is 6.04. The lowest BCUT2D eigenvalue weighted by Gasteiger charge is -2.36. The van der Waals surface area contributed by atoms with Gasteiger partial charge in [0, 0.05) is 41.3 Å². The van der Waals surface area contributed by atoms with Crippen molar-refractivity contribution in [1.29, 1.82) is 0 Å². The van der Waals surface area contributed by atoms with Crippen molar-refractivity contribution in [3.05, 3.63) is 76.6 Å². The summed E-state index contributed by atoms with van der Waals surface area (Å²) in [6.07, 6.45) is 8.13. The van der Waals surface area contributed by atoms with Crippen LogP contribution in [-0.4, -0.2) is 56.3 Å². The van der Waals surface area contributed by atoms with Gasteiger partial charge in [-0.3, -0.25) is 5.10 Å². The Morgan fingerprint density at radius 3 is 2.29 bits per heavy atom. The van der Waals surface area contributed by atoms with Crippen molar-refractivity contribution >= 4 is 18.5 Å². The van der Waals surface area contributed by atoms with Gasteiger partial charge in [0.05, 0.1) is 21.3 Å². The highest BCUT2D eigenvalue weighted by atomic mass is 16.6. The summed E-state index contributed by atoms with van der Waals surface area (Å²) in [4.78, 5) is 4.06. The van der Waals surface area contributed by atoms with Gasteiger partial charge in [0.2, 0.25) is 5.75 Å². The molecule has 1 heterocycles. The fourth-order valence-electron chi connectivity index (χ4n) is 5.19. The third-order valence-electron chi connectivity index (χ3n) is 7.32. The highest BCUT2D eigenvalue weighted by Gasteiger charge is 2.41. The summed E-state index contributed by atoms with van der Waals surface area (Å²) in [5.74, 6) is 2.06. The molecule has 0 aliphatic heterocycles. The first-order valence-corrected chi connectivity index (χ1v) is 12.4. The van der Waals surface area contributed by atoms with Gasteiger partial charge in [-0.2, -0.15) is 5.10 Å². The molecule has 1 atom stereocenters. The summed E-state index contributed by atoms with van der Waals surface area (Å²) < 4.78 is 17.1. The number of rotatable bonds is 8. The fraction of sp³-hybridized carbons (Fsp3) is 0.345. The lowest BCUT2D eigenvalue weighted by atomic mass is 9.67. The maximum atomic E-state index is 9.74. The van der Waals surface area contributed by atoms with Gasteiger partial charge in [0.15, 0.2) is 11.5 Å². The predicted molar refractivity (Wildman–Crippen MR) is 147 cm³/mol. The highest BCUT2D eigenvalue weighted by Crippen LogP contribution is 2.50. The van der Waals surface area contributed by atoms with Crippen molar-refractivity contribution in [1.82, 2.24) is 10.2 Å². The summed E-state index contributed by atoms with van der Waals surface area (Å²) in [7, 11) is 6.33.